The Hall–Kier alpha value is -1.27. The fourth-order valence-corrected chi connectivity index (χ4v) is 4.39. The highest BCUT2D eigenvalue weighted by atomic mass is 32.2. The van der Waals surface area contributed by atoms with E-state index in [9.17, 15) is 8.42 Å². The average Bonchev–Trinajstić information content (AvgIpc) is 2.42. The molecule has 3 rings (SSSR count). The number of hydrogen-bond acceptors (Lipinski definition) is 4. The number of nitrogens with one attached hydrogen (secondary N) is 1. The molecular formula is C15H22N2O3S. The van der Waals surface area contributed by atoms with Gasteiger partial charge in [-0.1, -0.05) is 13.3 Å². The Morgan fingerprint density at radius 3 is 2.76 bits per heavy atom. The Morgan fingerprint density at radius 2 is 2.10 bits per heavy atom. The van der Waals surface area contributed by atoms with Crippen molar-refractivity contribution in [2.75, 3.05) is 18.9 Å². The van der Waals surface area contributed by atoms with Crippen molar-refractivity contribution < 1.29 is 13.2 Å². The average molecular weight is 310 g/mol. The first kappa shape index (κ1) is 14.7. The van der Waals surface area contributed by atoms with Crippen LogP contribution in [0.4, 0.5) is 5.69 Å². The minimum Gasteiger partial charge on any atom is -0.492 e. The van der Waals surface area contributed by atoms with Crippen LogP contribution in [0.1, 0.15) is 38.2 Å². The first-order valence-electron chi connectivity index (χ1n) is 7.45. The molecule has 21 heavy (non-hydrogen) atoms. The number of nitrogens with two attached hydrogens (primary N) is 1. The second-order valence-corrected chi connectivity index (χ2v) is 8.18. The molecule has 116 valence electrons. The van der Waals surface area contributed by atoms with Crippen LogP contribution in [0.15, 0.2) is 17.0 Å². The van der Waals surface area contributed by atoms with Crippen molar-refractivity contribution in [3.8, 4) is 5.75 Å². The third-order valence-corrected chi connectivity index (χ3v) is 5.94. The van der Waals surface area contributed by atoms with Gasteiger partial charge in [0.05, 0.1) is 6.61 Å². The summed E-state index contributed by atoms with van der Waals surface area (Å²) in [5.74, 6) is 0.474. The van der Waals surface area contributed by atoms with E-state index in [0.717, 1.165) is 31.2 Å². The van der Waals surface area contributed by atoms with Gasteiger partial charge in [-0.15, -0.1) is 0 Å². The molecule has 0 amide bonds. The van der Waals surface area contributed by atoms with Gasteiger partial charge >= 0.3 is 0 Å². The zero-order valence-corrected chi connectivity index (χ0v) is 13.1. The summed E-state index contributed by atoms with van der Waals surface area (Å²) in [4.78, 5) is 0.181. The van der Waals surface area contributed by atoms with E-state index in [1.54, 1.807) is 6.07 Å². The minimum absolute atomic E-state index is 0.0916. The molecule has 0 unspecified atom stereocenters. The predicted molar refractivity (Wildman–Crippen MR) is 81.8 cm³/mol. The highest BCUT2D eigenvalue weighted by molar-refractivity contribution is 7.89. The topological polar surface area (TPSA) is 81.4 Å². The number of ether oxygens (including phenoxy) is 1. The number of aryl methyl sites for hydroxylation is 1. The van der Waals surface area contributed by atoms with Gasteiger partial charge in [-0.3, -0.25) is 0 Å². The minimum atomic E-state index is -3.59. The van der Waals surface area contributed by atoms with Gasteiger partial charge in [0.2, 0.25) is 10.0 Å². The molecule has 1 fully saturated rings. The van der Waals surface area contributed by atoms with Crippen molar-refractivity contribution in [1.82, 2.24) is 4.72 Å². The molecule has 3 N–H and O–H groups in total. The van der Waals surface area contributed by atoms with Crippen LogP contribution in [0, 0.1) is 5.41 Å². The van der Waals surface area contributed by atoms with Gasteiger partial charge in [0.1, 0.15) is 10.6 Å². The van der Waals surface area contributed by atoms with Gasteiger partial charge in [0.25, 0.3) is 0 Å². The standard InChI is InChI=1S/C15H22N2O3S/c1-15(5-3-6-15)10-17-21(18,19)13-9-12(16)8-11-4-2-7-20-14(11)13/h8-9,17H,2-7,10,16H2,1H3. The molecule has 1 aromatic rings. The molecule has 1 saturated carbocycles. The fraction of sp³-hybridized carbons (Fsp3) is 0.600. The smallest absolute Gasteiger partial charge is 0.244 e. The lowest BCUT2D eigenvalue weighted by molar-refractivity contribution is 0.166. The Bertz CT molecular complexity index is 651. The molecule has 5 nitrogen and oxygen atoms in total. The van der Waals surface area contributed by atoms with E-state index in [1.165, 1.54) is 12.5 Å². The van der Waals surface area contributed by atoms with E-state index in [4.69, 9.17) is 10.5 Å². The Morgan fingerprint density at radius 1 is 1.33 bits per heavy atom. The van der Waals surface area contributed by atoms with Crippen molar-refractivity contribution in [3.05, 3.63) is 17.7 Å². The van der Waals surface area contributed by atoms with E-state index in [2.05, 4.69) is 11.6 Å². The van der Waals surface area contributed by atoms with Crippen LogP contribution in [0.2, 0.25) is 0 Å². The molecule has 1 aliphatic carbocycles. The quantitative estimate of drug-likeness (QED) is 0.834. The first-order chi connectivity index (χ1) is 9.90. The van der Waals surface area contributed by atoms with E-state index in [-0.39, 0.29) is 10.3 Å². The summed E-state index contributed by atoms with van der Waals surface area (Å²) in [6.45, 7) is 3.14. The molecule has 1 aliphatic heterocycles. The first-order valence-corrected chi connectivity index (χ1v) is 8.93. The lowest BCUT2D eigenvalue weighted by atomic mass is 9.71. The number of sulfonamides is 1. The lowest BCUT2D eigenvalue weighted by Gasteiger charge is -2.38. The van der Waals surface area contributed by atoms with E-state index >= 15 is 0 Å². The Kier molecular flexibility index (Phi) is 3.61. The number of hydrogen-bond donors (Lipinski definition) is 2. The number of anilines is 1. The van der Waals surface area contributed by atoms with Crippen molar-refractivity contribution in [2.24, 2.45) is 5.41 Å². The van der Waals surface area contributed by atoms with E-state index in [0.29, 0.717) is 24.6 Å². The number of nitrogen functional groups attached to an aromatic ring is 1. The lowest BCUT2D eigenvalue weighted by Crippen LogP contribution is -2.40. The van der Waals surface area contributed by atoms with Gasteiger partial charge in [-0.05, 0) is 48.8 Å². The molecule has 1 aromatic carbocycles. The predicted octanol–water partition coefficient (Wildman–Crippen LogP) is 2.06. The highest BCUT2D eigenvalue weighted by Crippen LogP contribution is 2.40. The van der Waals surface area contributed by atoms with Crippen LogP contribution >= 0.6 is 0 Å². The zero-order valence-electron chi connectivity index (χ0n) is 12.3. The molecule has 0 saturated heterocycles. The second-order valence-electron chi connectivity index (χ2n) is 6.45. The Labute approximate surface area is 125 Å². The molecule has 0 atom stereocenters. The summed E-state index contributed by atoms with van der Waals surface area (Å²) >= 11 is 0. The summed E-state index contributed by atoms with van der Waals surface area (Å²) in [5.41, 5.74) is 7.30. The summed E-state index contributed by atoms with van der Waals surface area (Å²) in [7, 11) is -3.59. The van der Waals surface area contributed by atoms with Crippen LogP contribution in [-0.2, 0) is 16.4 Å². The molecule has 0 bridgehead atoms. The van der Waals surface area contributed by atoms with Gasteiger partial charge in [-0.25, -0.2) is 13.1 Å². The van der Waals surface area contributed by atoms with Crippen LogP contribution in [0.3, 0.4) is 0 Å². The van der Waals surface area contributed by atoms with Gasteiger partial charge < -0.3 is 10.5 Å². The number of rotatable bonds is 4. The van der Waals surface area contributed by atoms with Crippen LogP contribution < -0.4 is 15.2 Å². The third kappa shape index (κ3) is 2.87. The molecule has 0 aromatic heterocycles. The molecule has 0 spiro atoms. The van der Waals surface area contributed by atoms with Crippen LogP contribution in [-0.4, -0.2) is 21.6 Å². The molecule has 1 heterocycles. The second kappa shape index (κ2) is 5.18. The number of benzene rings is 1. The van der Waals surface area contributed by atoms with Gasteiger partial charge in [0, 0.05) is 12.2 Å². The molecule has 6 heteroatoms. The van der Waals surface area contributed by atoms with Crippen molar-refractivity contribution in [1.29, 1.82) is 0 Å². The molecule has 2 aliphatic rings. The zero-order chi connectivity index (χ0) is 15.1. The maximum Gasteiger partial charge on any atom is 0.244 e. The molecule has 0 radical (unpaired) electrons. The summed E-state index contributed by atoms with van der Waals surface area (Å²) in [6.07, 6.45) is 5.01. The SMILES string of the molecule is CC1(CNS(=O)(=O)c2cc(N)cc3c2OCCC3)CCC1. The normalized spacial score (nSPS) is 20.2. The van der Waals surface area contributed by atoms with E-state index in [1.807, 2.05) is 0 Å². The monoisotopic (exact) mass is 310 g/mol. The summed E-state index contributed by atoms with van der Waals surface area (Å²) < 4.78 is 33.5. The van der Waals surface area contributed by atoms with Crippen LogP contribution in [0.25, 0.3) is 0 Å². The van der Waals surface area contributed by atoms with Crippen molar-refractivity contribution >= 4 is 15.7 Å². The van der Waals surface area contributed by atoms with Crippen molar-refractivity contribution in [2.45, 2.75) is 43.9 Å². The third-order valence-electron chi connectivity index (χ3n) is 4.53. The van der Waals surface area contributed by atoms with Crippen LogP contribution in [0.5, 0.6) is 5.75 Å². The maximum atomic E-state index is 12.6. The maximum absolute atomic E-state index is 12.6. The highest BCUT2D eigenvalue weighted by Gasteiger charge is 2.34. The Balaban J connectivity index is 1.89. The molecular weight excluding hydrogens is 288 g/mol. The summed E-state index contributed by atoms with van der Waals surface area (Å²) in [6, 6.07) is 3.30. The van der Waals surface area contributed by atoms with Gasteiger partial charge in [0.15, 0.2) is 0 Å². The van der Waals surface area contributed by atoms with Crippen molar-refractivity contribution in [3.63, 3.8) is 0 Å². The fourth-order valence-electron chi connectivity index (χ4n) is 2.97. The largest absolute Gasteiger partial charge is 0.492 e. The number of fused-ring (bicyclic) bond motifs is 1. The van der Waals surface area contributed by atoms with Gasteiger partial charge in [-0.2, -0.15) is 0 Å². The summed E-state index contributed by atoms with van der Waals surface area (Å²) in [5, 5.41) is 0. The van der Waals surface area contributed by atoms with E-state index < -0.39 is 10.0 Å².